The van der Waals surface area contributed by atoms with Crippen molar-refractivity contribution in [2.24, 2.45) is 0 Å². The second kappa shape index (κ2) is 5.89. The number of hydrogen-bond acceptors (Lipinski definition) is 5. The molecule has 1 aromatic carbocycles. The lowest BCUT2D eigenvalue weighted by Gasteiger charge is -2.44. The third-order valence-corrected chi connectivity index (χ3v) is 4.06. The number of anilines is 2. The molecule has 5 nitrogen and oxygen atoms in total. The van der Waals surface area contributed by atoms with Crippen LogP contribution in [-0.2, 0) is 0 Å². The Morgan fingerprint density at radius 1 is 1.40 bits per heavy atom. The number of hydrogen-bond donors (Lipinski definition) is 3. The topological polar surface area (TPSA) is 79.0 Å². The molecule has 0 radical (unpaired) electrons. The molecule has 0 saturated heterocycles. The van der Waals surface area contributed by atoms with Crippen molar-refractivity contribution in [2.45, 2.75) is 38.4 Å². The molecule has 1 aliphatic rings. The van der Waals surface area contributed by atoms with Crippen LogP contribution in [-0.4, -0.2) is 41.6 Å². The number of aliphatic hydroxyl groups excluding tert-OH is 2. The van der Waals surface area contributed by atoms with Crippen LogP contribution in [0, 0.1) is 0 Å². The zero-order valence-electron chi connectivity index (χ0n) is 12.2. The monoisotopic (exact) mass is 280 g/mol. The highest BCUT2D eigenvalue weighted by Gasteiger charge is 2.37. The lowest BCUT2D eigenvalue weighted by Crippen LogP contribution is -2.52. The minimum atomic E-state index is -0.759. The minimum Gasteiger partial charge on any atom is -0.483 e. The third kappa shape index (κ3) is 2.83. The van der Waals surface area contributed by atoms with Gasteiger partial charge in [-0.15, -0.1) is 0 Å². The highest BCUT2D eigenvalue weighted by Crippen LogP contribution is 2.40. The minimum absolute atomic E-state index is 0.243. The van der Waals surface area contributed by atoms with E-state index in [1.54, 1.807) is 0 Å². The van der Waals surface area contributed by atoms with Crippen molar-refractivity contribution in [1.29, 1.82) is 0 Å². The highest BCUT2D eigenvalue weighted by molar-refractivity contribution is 5.65. The fourth-order valence-electron chi connectivity index (χ4n) is 2.67. The molecule has 0 saturated carbocycles. The van der Waals surface area contributed by atoms with Crippen molar-refractivity contribution in [2.75, 3.05) is 30.3 Å². The summed E-state index contributed by atoms with van der Waals surface area (Å²) in [6, 6.07) is 5.56. The van der Waals surface area contributed by atoms with Gasteiger partial charge in [0.15, 0.2) is 0 Å². The number of β-amino-alcohol motifs (C(OH)–C–C–N with tert-alkyl or cyclic N) is 1. The molecule has 20 heavy (non-hydrogen) atoms. The van der Waals surface area contributed by atoms with Crippen LogP contribution in [0.25, 0.3) is 0 Å². The molecule has 2 rings (SSSR count). The van der Waals surface area contributed by atoms with E-state index in [0.29, 0.717) is 18.8 Å². The molecule has 0 fully saturated rings. The van der Waals surface area contributed by atoms with Crippen molar-refractivity contribution >= 4 is 11.4 Å². The second-order valence-electron chi connectivity index (χ2n) is 5.44. The molecule has 0 amide bonds. The smallest absolute Gasteiger partial charge is 0.145 e. The largest absolute Gasteiger partial charge is 0.483 e. The van der Waals surface area contributed by atoms with Gasteiger partial charge in [-0.05, 0) is 25.0 Å². The zero-order chi connectivity index (χ0) is 14.8. The van der Waals surface area contributed by atoms with Gasteiger partial charge >= 0.3 is 0 Å². The molecular weight excluding hydrogens is 256 g/mol. The van der Waals surface area contributed by atoms with E-state index in [1.165, 1.54) is 0 Å². The average Bonchev–Trinajstić information content (AvgIpc) is 2.46. The molecular formula is C15H24N2O3. The van der Waals surface area contributed by atoms with Crippen LogP contribution in [0.1, 0.15) is 26.7 Å². The summed E-state index contributed by atoms with van der Waals surface area (Å²) in [6.45, 7) is 5.04. The van der Waals surface area contributed by atoms with Gasteiger partial charge in [-0.1, -0.05) is 13.8 Å². The van der Waals surface area contributed by atoms with Crippen LogP contribution in [0.3, 0.4) is 0 Å². The Kier molecular flexibility index (Phi) is 4.40. The number of nitrogens with two attached hydrogens (primary N) is 1. The SMILES string of the molecule is CCC1(CC)CN(CC(O)CO)c2ccc(N)cc2O1. The first-order valence-corrected chi connectivity index (χ1v) is 7.16. The molecule has 0 aromatic heterocycles. The average molecular weight is 280 g/mol. The molecule has 1 aliphatic heterocycles. The van der Waals surface area contributed by atoms with Gasteiger partial charge < -0.3 is 25.6 Å². The Bertz CT molecular complexity index is 460. The van der Waals surface area contributed by atoms with Crippen molar-refractivity contribution < 1.29 is 14.9 Å². The van der Waals surface area contributed by atoms with Crippen LogP contribution in [0.15, 0.2) is 18.2 Å². The predicted octanol–water partition coefficient (Wildman–Crippen LogP) is 1.38. The Labute approximate surface area is 120 Å². The second-order valence-corrected chi connectivity index (χ2v) is 5.44. The summed E-state index contributed by atoms with van der Waals surface area (Å²) >= 11 is 0. The van der Waals surface area contributed by atoms with Crippen molar-refractivity contribution in [3.05, 3.63) is 18.2 Å². The van der Waals surface area contributed by atoms with Crippen molar-refractivity contribution in [3.63, 3.8) is 0 Å². The quantitative estimate of drug-likeness (QED) is 0.710. The standard InChI is InChI=1S/C15H24N2O3/c1-3-15(4-2)10-17(8-12(19)9-18)13-6-5-11(16)7-14(13)20-15/h5-7,12,18-19H,3-4,8-10,16H2,1-2H3. The van der Waals surface area contributed by atoms with Crippen LogP contribution >= 0.6 is 0 Å². The fourth-order valence-corrected chi connectivity index (χ4v) is 2.67. The van der Waals surface area contributed by atoms with E-state index < -0.39 is 6.10 Å². The van der Waals surface area contributed by atoms with Gasteiger partial charge in [0.1, 0.15) is 11.4 Å². The van der Waals surface area contributed by atoms with E-state index >= 15 is 0 Å². The highest BCUT2D eigenvalue weighted by atomic mass is 16.5. The summed E-state index contributed by atoms with van der Waals surface area (Å²) in [5.41, 5.74) is 7.15. The molecule has 1 aromatic rings. The number of fused-ring (bicyclic) bond motifs is 1. The number of aliphatic hydroxyl groups is 2. The van der Waals surface area contributed by atoms with E-state index in [0.717, 1.165) is 24.3 Å². The molecule has 0 bridgehead atoms. The van der Waals surface area contributed by atoms with Gasteiger partial charge in [-0.2, -0.15) is 0 Å². The van der Waals surface area contributed by atoms with Crippen LogP contribution in [0.2, 0.25) is 0 Å². The molecule has 1 unspecified atom stereocenters. The molecule has 4 N–H and O–H groups in total. The Hall–Kier alpha value is -1.46. The maximum atomic E-state index is 9.75. The maximum Gasteiger partial charge on any atom is 0.145 e. The molecule has 1 atom stereocenters. The van der Waals surface area contributed by atoms with E-state index in [1.807, 2.05) is 18.2 Å². The number of nitrogen functional groups attached to an aromatic ring is 1. The Morgan fingerprint density at radius 3 is 2.70 bits per heavy atom. The lowest BCUT2D eigenvalue weighted by atomic mass is 9.93. The fraction of sp³-hybridized carbons (Fsp3) is 0.600. The zero-order valence-corrected chi connectivity index (χ0v) is 12.2. The van der Waals surface area contributed by atoms with Crippen LogP contribution in [0.4, 0.5) is 11.4 Å². The lowest BCUT2D eigenvalue weighted by molar-refractivity contribution is 0.0488. The number of nitrogens with zero attached hydrogens (tertiary/aromatic N) is 1. The third-order valence-electron chi connectivity index (χ3n) is 4.06. The first kappa shape index (κ1) is 14.9. The van der Waals surface area contributed by atoms with Crippen LogP contribution in [0.5, 0.6) is 5.75 Å². The first-order valence-electron chi connectivity index (χ1n) is 7.16. The van der Waals surface area contributed by atoms with E-state index in [2.05, 4.69) is 18.7 Å². The van der Waals surface area contributed by atoms with E-state index in [-0.39, 0.29) is 12.2 Å². The number of ether oxygens (including phenoxy) is 1. The van der Waals surface area contributed by atoms with Crippen LogP contribution < -0.4 is 15.4 Å². The first-order chi connectivity index (χ1) is 9.53. The van der Waals surface area contributed by atoms with Gasteiger partial charge in [-0.3, -0.25) is 0 Å². The molecule has 1 heterocycles. The molecule has 0 spiro atoms. The summed E-state index contributed by atoms with van der Waals surface area (Å²) in [5, 5.41) is 18.8. The normalized spacial score (nSPS) is 18.3. The van der Waals surface area contributed by atoms with Gasteiger partial charge in [-0.25, -0.2) is 0 Å². The summed E-state index contributed by atoms with van der Waals surface area (Å²) in [4.78, 5) is 2.08. The van der Waals surface area contributed by atoms with Crippen molar-refractivity contribution in [1.82, 2.24) is 0 Å². The maximum absolute atomic E-state index is 9.75. The molecule has 0 aliphatic carbocycles. The van der Waals surface area contributed by atoms with Crippen molar-refractivity contribution in [3.8, 4) is 5.75 Å². The summed E-state index contributed by atoms with van der Waals surface area (Å²) in [7, 11) is 0. The van der Waals surface area contributed by atoms with E-state index in [9.17, 15) is 5.11 Å². The summed E-state index contributed by atoms with van der Waals surface area (Å²) in [5.74, 6) is 0.755. The van der Waals surface area contributed by atoms with Gasteiger partial charge in [0, 0.05) is 18.3 Å². The summed E-state index contributed by atoms with van der Waals surface area (Å²) in [6.07, 6.45) is 0.998. The number of rotatable bonds is 5. The number of benzene rings is 1. The van der Waals surface area contributed by atoms with Gasteiger partial charge in [0.05, 0.1) is 24.9 Å². The van der Waals surface area contributed by atoms with Gasteiger partial charge in [0.2, 0.25) is 0 Å². The Morgan fingerprint density at radius 2 is 2.10 bits per heavy atom. The molecule has 112 valence electrons. The van der Waals surface area contributed by atoms with Gasteiger partial charge in [0.25, 0.3) is 0 Å². The van der Waals surface area contributed by atoms with E-state index in [4.69, 9.17) is 15.6 Å². The summed E-state index contributed by atoms with van der Waals surface area (Å²) < 4.78 is 6.18. The Balaban J connectivity index is 2.36. The molecule has 5 heteroatoms. The predicted molar refractivity (Wildman–Crippen MR) is 80.1 cm³/mol.